The van der Waals surface area contributed by atoms with Crippen LogP contribution in [0.5, 0.6) is 0 Å². The van der Waals surface area contributed by atoms with Gasteiger partial charge in [0.2, 0.25) is 0 Å². The number of aromatic carboxylic acids is 1. The molecule has 2 saturated carbocycles. The summed E-state index contributed by atoms with van der Waals surface area (Å²) in [5.41, 5.74) is 1.91. The van der Waals surface area contributed by atoms with Gasteiger partial charge < -0.3 is 9.84 Å². The van der Waals surface area contributed by atoms with Gasteiger partial charge in [-0.05, 0) is 56.8 Å². The van der Waals surface area contributed by atoms with E-state index >= 15 is 0 Å². The fourth-order valence-electron chi connectivity index (χ4n) is 4.98. The van der Waals surface area contributed by atoms with Crippen molar-refractivity contribution in [3.05, 3.63) is 35.4 Å². The number of hydrogen-bond acceptors (Lipinski definition) is 3. The molecule has 1 aromatic rings. The van der Waals surface area contributed by atoms with Crippen molar-refractivity contribution in [2.75, 3.05) is 13.2 Å². The molecule has 0 bridgehead atoms. The summed E-state index contributed by atoms with van der Waals surface area (Å²) in [6.45, 7) is 7.14. The van der Waals surface area contributed by atoms with E-state index in [0.29, 0.717) is 23.1 Å². The van der Waals surface area contributed by atoms with Gasteiger partial charge in [0.25, 0.3) is 0 Å². The van der Waals surface area contributed by atoms with E-state index in [2.05, 4.69) is 18.7 Å². The molecule has 0 saturated heterocycles. The van der Waals surface area contributed by atoms with Crippen molar-refractivity contribution in [1.82, 2.24) is 4.90 Å². The maximum absolute atomic E-state index is 11.0. The van der Waals surface area contributed by atoms with Crippen LogP contribution in [0, 0.1) is 5.41 Å². The van der Waals surface area contributed by atoms with E-state index in [-0.39, 0.29) is 0 Å². The number of nitrogens with zero attached hydrogens (tertiary/aromatic N) is 1. The quantitative estimate of drug-likeness (QED) is 0.762. The standard InChI is InChI=1S/C21H31NO3/c1-3-13-22(15-16-7-9-17(10-8-16)20(23)24)18-14-19(25-4-2)21(18)11-5-6-12-21/h7-10,18-19H,3-6,11-15H2,1-2H3,(H,23,24). The van der Waals surface area contributed by atoms with Crippen molar-refractivity contribution in [3.8, 4) is 0 Å². The zero-order valence-corrected chi connectivity index (χ0v) is 15.5. The van der Waals surface area contributed by atoms with Gasteiger partial charge in [-0.15, -0.1) is 0 Å². The van der Waals surface area contributed by atoms with Crippen molar-refractivity contribution in [3.63, 3.8) is 0 Å². The number of carbonyl (C=O) groups is 1. The third kappa shape index (κ3) is 3.61. The number of carboxylic acid groups (broad SMARTS) is 1. The molecule has 1 aromatic carbocycles. The largest absolute Gasteiger partial charge is 0.478 e. The predicted octanol–water partition coefficient (Wildman–Crippen LogP) is 4.33. The Morgan fingerprint density at radius 1 is 1.24 bits per heavy atom. The van der Waals surface area contributed by atoms with Crippen molar-refractivity contribution in [1.29, 1.82) is 0 Å². The summed E-state index contributed by atoms with van der Waals surface area (Å²) in [5, 5.41) is 9.07. The Hall–Kier alpha value is -1.39. The smallest absolute Gasteiger partial charge is 0.335 e. The van der Waals surface area contributed by atoms with Crippen LogP contribution in [0.3, 0.4) is 0 Å². The van der Waals surface area contributed by atoms with Crippen molar-refractivity contribution in [2.45, 2.75) is 71.1 Å². The van der Waals surface area contributed by atoms with Gasteiger partial charge >= 0.3 is 5.97 Å². The second-order valence-electron chi connectivity index (χ2n) is 7.61. The fraction of sp³-hybridized carbons (Fsp3) is 0.667. The highest BCUT2D eigenvalue weighted by molar-refractivity contribution is 5.87. The highest BCUT2D eigenvalue weighted by Crippen LogP contribution is 2.56. The molecule has 3 rings (SSSR count). The Kier molecular flexibility index (Phi) is 5.80. The van der Waals surface area contributed by atoms with Crippen molar-refractivity contribution < 1.29 is 14.6 Å². The monoisotopic (exact) mass is 345 g/mol. The second kappa shape index (κ2) is 7.88. The number of rotatable bonds is 8. The first kappa shape index (κ1) is 18.4. The van der Waals surface area contributed by atoms with E-state index in [1.807, 2.05) is 12.1 Å². The number of benzene rings is 1. The van der Waals surface area contributed by atoms with Crippen LogP contribution in [0.4, 0.5) is 0 Å². The topological polar surface area (TPSA) is 49.8 Å². The molecule has 2 atom stereocenters. The third-order valence-corrected chi connectivity index (χ3v) is 6.18. The molecule has 0 aliphatic heterocycles. The number of carboxylic acids is 1. The molecule has 0 amide bonds. The zero-order valence-electron chi connectivity index (χ0n) is 15.5. The SMILES string of the molecule is CCCN(Cc1ccc(C(=O)O)cc1)C1CC(OCC)C12CCCC2. The maximum atomic E-state index is 11.0. The van der Waals surface area contributed by atoms with Crippen molar-refractivity contribution >= 4 is 5.97 Å². The molecule has 2 unspecified atom stereocenters. The van der Waals surface area contributed by atoms with E-state index in [1.165, 1.54) is 31.2 Å². The Bertz CT molecular complexity index is 577. The van der Waals surface area contributed by atoms with Crippen LogP contribution in [0.15, 0.2) is 24.3 Å². The average molecular weight is 345 g/mol. The molecule has 25 heavy (non-hydrogen) atoms. The summed E-state index contributed by atoms with van der Waals surface area (Å²) >= 11 is 0. The van der Waals surface area contributed by atoms with Gasteiger partial charge in [0.1, 0.15) is 0 Å². The van der Waals surface area contributed by atoms with E-state index in [9.17, 15) is 4.79 Å². The van der Waals surface area contributed by atoms with Crippen molar-refractivity contribution in [2.24, 2.45) is 5.41 Å². The summed E-state index contributed by atoms with van der Waals surface area (Å²) < 4.78 is 6.07. The first-order valence-electron chi connectivity index (χ1n) is 9.78. The minimum Gasteiger partial charge on any atom is -0.478 e. The van der Waals surface area contributed by atoms with E-state index in [1.54, 1.807) is 12.1 Å². The van der Waals surface area contributed by atoms with Crippen LogP contribution in [0.2, 0.25) is 0 Å². The maximum Gasteiger partial charge on any atom is 0.335 e. The highest BCUT2D eigenvalue weighted by Gasteiger charge is 2.58. The van der Waals surface area contributed by atoms with Gasteiger partial charge in [0, 0.05) is 24.6 Å². The Balaban J connectivity index is 1.73. The molecule has 4 nitrogen and oxygen atoms in total. The first-order chi connectivity index (χ1) is 12.1. The van der Waals surface area contributed by atoms with Crippen LogP contribution in [-0.4, -0.2) is 41.3 Å². The van der Waals surface area contributed by atoms with Gasteiger partial charge in [-0.2, -0.15) is 0 Å². The normalized spacial score (nSPS) is 24.6. The van der Waals surface area contributed by atoms with Gasteiger partial charge in [-0.1, -0.05) is 31.9 Å². The molecule has 0 heterocycles. The van der Waals surface area contributed by atoms with Crippen LogP contribution in [0.25, 0.3) is 0 Å². The lowest BCUT2D eigenvalue weighted by molar-refractivity contribution is -0.167. The molecular weight excluding hydrogens is 314 g/mol. The van der Waals surface area contributed by atoms with Gasteiger partial charge in [0.15, 0.2) is 0 Å². The summed E-state index contributed by atoms with van der Waals surface area (Å²) in [5.74, 6) is -0.861. The lowest BCUT2D eigenvalue weighted by atomic mass is 9.59. The van der Waals surface area contributed by atoms with Crippen LogP contribution in [0.1, 0.15) is 68.3 Å². The lowest BCUT2D eigenvalue weighted by Gasteiger charge is -2.58. The molecule has 0 radical (unpaired) electrons. The summed E-state index contributed by atoms with van der Waals surface area (Å²) in [4.78, 5) is 13.7. The summed E-state index contributed by atoms with van der Waals surface area (Å²) in [6.07, 6.45) is 7.95. The molecule has 1 N–H and O–H groups in total. The Morgan fingerprint density at radius 3 is 2.48 bits per heavy atom. The Morgan fingerprint density at radius 2 is 1.92 bits per heavy atom. The highest BCUT2D eigenvalue weighted by atomic mass is 16.5. The number of hydrogen-bond donors (Lipinski definition) is 1. The lowest BCUT2D eigenvalue weighted by Crippen LogP contribution is -2.63. The molecule has 0 aromatic heterocycles. The van der Waals surface area contributed by atoms with Crippen LogP contribution in [-0.2, 0) is 11.3 Å². The molecule has 2 aliphatic carbocycles. The summed E-state index contributed by atoms with van der Waals surface area (Å²) in [7, 11) is 0. The molecule has 2 fully saturated rings. The van der Waals surface area contributed by atoms with E-state index in [0.717, 1.165) is 32.5 Å². The molecule has 2 aliphatic rings. The van der Waals surface area contributed by atoms with Gasteiger partial charge in [-0.3, -0.25) is 4.90 Å². The average Bonchev–Trinajstić information content (AvgIpc) is 3.11. The first-order valence-corrected chi connectivity index (χ1v) is 9.78. The molecule has 1 spiro atoms. The van der Waals surface area contributed by atoms with Crippen LogP contribution < -0.4 is 0 Å². The second-order valence-corrected chi connectivity index (χ2v) is 7.61. The zero-order chi connectivity index (χ0) is 17.9. The third-order valence-electron chi connectivity index (χ3n) is 6.18. The van der Waals surface area contributed by atoms with E-state index in [4.69, 9.17) is 9.84 Å². The number of ether oxygens (including phenoxy) is 1. The molecular formula is C21H31NO3. The van der Waals surface area contributed by atoms with E-state index < -0.39 is 5.97 Å². The summed E-state index contributed by atoms with van der Waals surface area (Å²) in [6, 6.07) is 7.97. The molecule has 4 heteroatoms. The predicted molar refractivity (Wildman–Crippen MR) is 98.8 cm³/mol. The fourth-order valence-corrected chi connectivity index (χ4v) is 4.98. The Labute approximate surface area is 151 Å². The van der Waals surface area contributed by atoms with Gasteiger partial charge in [0.05, 0.1) is 11.7 Å². The minimum absolute atomic E-state index is 0.353. The minimum atomic E-state index is -0.861. The van der Waals surface area contributed by atoms with Gasteiger partial charge in [-0.25, -0.2) is 4.79 Å². The molecule has 138 valence electrons. The van der Waals surface area contributed by atoms with Crippen LogP contribution >= 0.6 is 0 Å².